The lowest BCUT2D eigenvalue weighted by molar-refractivity contribution is -0.134. The molecule has 1 N–H and O–H groups in total. The fourth-order valence-electron chi connectivity index (χ4n) is 4.85. The van der Waals surface area contributed by atoms with Crippen molar-refractivity contribution in [2.24, 2.45) is 0 Å². The molecule has 7 nitrogen and oxygen atoms in total. The van der Waals surface area contributed by atoms with Crippen molar-refractivity contribution >= 4 is 23.4 Å². The number of allylic oxidation sites excluding steroid dienone is 2. The molecular weight excluding hydrogens is 538 g/mol. The molecule has 2 aliphatic heterocycles. The third-order valence-corrected chi connectivity index (χ3v) is 6.98. The quantitative estimate of drug-likeness (QED) is 0.341. The van der Waals surface area contributed by atoms with Crippen molar-refractivity contribution in [3.63, 3.8) is 0 Å². The Morgan fingerprint density at radius 1 is 0.953 bits per heavy atom. The van der Waals surface area contributed by atoms with Gasteiger partial charge in [0.1, 0.15) is 6.54 Å². The van der Waals surface area contributed by atoms with Gasteiger partial charge in [-0.15, -0.1) is 6.58 Å². The van der Waals surface area contributed by atoms with Crippen LogP contribution in [0.1, 0.15) is 80.9 Å². The van der Waals surface area contributed by atoms with E-state index in [1.165, 1.54) is 12.0 Å². The van der Waals surface area contributed by atoms with Gasteiger partial charge < -0.3 is 19.8 Å². The Bertz CT molecular complexity index is 1270. The number of rotatable bonds is 9. The molecule has 0 aliphatic carbocycles. The molecule has 0 saturated carbocycles. The Morgan fingerprint density at radius 3 is 2.16 bits per heavy atom. The van der Waals surface area contributed by atoms with E-state index in [0.717, 1.165) is 22.4 Å². The summed E-state index contributed by atoms with van der Waals surface area (Å²) in [6, 6.07) is 13.3. The second kappa shape index (κ2) is 18.5. The predicted octanol–water partition coefficient (Wildman–Crippen LogP) is 6.46. The standard InChI is InChI=1S/C28H31N3O4.C6H12.C2H6/c1-2-6-26(33)30-19-24-13-8-21(7-5-16-32)17-25(24)31(27(34)20-30)18-22-9-11-23(12-10-22)28(35)29-14-3-4-15-29;1-4-5-6(2)3;1-2/h2-4,8-13,17,32H,1,5-7,14-16,18-20H2;5H,4H2,1-3H3;1-2H3. The minimum absolute atomic E-state index is 0.00808. The van der Waals surface area contributed by atoms with Crippen LogP contribution in [0.3, 0.4) is 0 Å². The summed E-state index contributed by atoms with van der Waals surface area (Å²) >= 11 is 0. The fourth-order valence-corrected chi connectivity index (χ4v) is 4.85. The number of aliphatic hydroxyl groups is 1. The molecule has 0 bridgehead atoms. The molecule has 232 valence electrons. The van der Waals surface area contributed by atoms with E-state index in [-0.39, 0.29) is 37.3 Å². The zero-order valence-electron chi connectivity index (χ0n) is 26.6. The zero-order valence-corrected chi connectivity index (χ0v) is 26.6. The summed E-state index contributed by atoms with van der Waals surface area (Å²) in [7, 11) is 0. The number of nitrogens with zero attached hydrogens (tertiary/aromatic N) is 3. The van der Waals surface area contributed by atoms with Gasteiger partial charge in [0, 0.05) is 43.9 Å². The van der Waals surface area contributed by atoms with Crippen LogP contribution in [0, 0.1) is 0 Å². The van der Waals surface area contributed by atoms with Gasteiger partial charge in [0.2, 0.25) is 11.8 Å². The summed E-state index contributed by atoms with van der Waals surface area (Å²) in [5, 5.41) is 9.23. The van der Waals surface area contributed by atoms with E-state index >= 15 is 0 Å². The van der Waals surface area contributed by atoms with E-state index in [4.69, 9.17) is 0 Å². The number of aliphatic hydroxyl groups excluding tert-OH is 1. The van der Waals surface area contributed by atoms with Crippen LogP contribution >= 0.6 is 0 Å². The van der Waals surface area contributed by atoms with Crippen molar-refractivity contribution in [2.75, 3.05) is 31.1 Å². The van der Waals surface area contributed by atoms with Crippen molar-refractivity contribution in [2.45, 2.75) is 73.4 Å². The van der Waals surface area contributed by atoms with Crippen LogP contribution in [0.4, 0.5) is 5.69 Å². The second-order valence-corrected chi connectivity index (χ2v) is 10.6. The van der Waals surface area contributed by atoms with Crippen molar-refractivity contribution in [3.05, 3.63) is 101 Å². The Kier molecular flexibility index (Phi) is 15.2. The average molecular weight is 588 g/mol. The third kappa shape index (κ3) is 10.7. The van der Waals surface area contributed by atoms with E-state index in [2.05, 4.69) is 33.4 Å². The first-order valence-electron chi connectivity index (χ1n) is 15.4. The first-order chi connectivity index (χ1) is 20.8. The van der Waals surface area contributed by atoms with Gasteiger partial charge >= 0.3 is 0 Å². The van der Waals surface area contributed by atoms with Gasteiger partial charge in [-0.25, -0.2) is 0 Å². The first-order valence-corrected chi connectivity index (χ1v) is 15.4. The van der Waals surface area contributed by atoms with Crippen LogP contribution in [0.5, 0.6) is 0 Å². The molecule has 0 aromatic heterocycles. The molecule has 4 rings (SSSR count). The molecule has 0 radical (unpaired) electrons. The highest BCUT2D eigenvalue weighted by Gasteiger charge is 2.29. The van der Waals surface area contributed by atoms with Crippen molar-refractivity contribution in [1.29, 1.82) is 0 Å². The third-order valence-electron chi connectivity index (χ3n) is 6.98. The Labute approximate surface area is 258 Å². The molecule has 0 spiro atoms. The van der Waals surface area contributed by atoms with Crippen LogP contribution in [0.15, 0.2) is 78.9 Å². The van der Waals surface area contributed by atoms with E-state index in [1.807, 2.05) is 56.3 Å². The van der Waals surface area contributed by atoms with E-state index in [9.17, 15) is 19.5 Å². The summed E-state index contributed by atoms with van der Waals surface area (Å²) in [6.07, 6.45) is 10.4. The maximum Gasteiger partial charge on any atom is 0.254 e. The molecule has 2 aliphatic rings. The minimum atomic E-state index is -0.163. The molecule has 0 atom stereocenters. The number of benzene rings is 2. The molecule has 7 heteroatoms. The monoisotopic (exact) mass is 587 g/mol. The Hall–Kier alpha value is -3.97. The summed E-state index contributed by atoms with van der Waals surface area (Å²) in [4.78, 5) is 43.7. The van der Waals surface area contributed by atoms with Gasteiger partial charge in [-0.3, -0.25) is 14.4 Å². The predicted molar refractivity (Wildman–Crippen MR) is 176 cm³/mol. The maximum absolute atomic E-state index is 13.4. The highest BCUT2D eigenvalue weighted by molar-refractivity contribution is 5.99. The smallest absolute Gasteiger partial charge is 0.254 e. The van der Waals surface area contributed by atoms with E-state index < -0.39 is 0 Å². The number of hydrogen-bond acceptors (Lipinski definition) is 4. The van der Waals surface area contributed by atoms with Crippen LogP contribution in [-0.2, 0) is 29.1 Å². The summed E-state index contributed by atoms with van der Waals surface area (Å²) in [5.41, 5.74) is 5.63. The number of anilines is 1. The number of fused-ring (bicyclic) bond motifs is 1. The number of aryl methyl sites for hydroxylation is 1. The van der Waals surface area contributed by atoms with Gasteiger partial charge in [-0.1, -0.05) is 74.9 Å². The minimum Gasteiger partial charge on any atom is -0.396 e. The number of carbonyl (C=O) groups excluding carboxylic acids is 3. The number of hydrogen-bond donors (Lipinski definition) is 1. The van der Waals surface area contributed by atoms with E-state index in [1.54, 1.807) is 32.9 Å². The normalized spacial score (nSPS) is 13.6. The van der Waals surface area contributed by atoms with Gasteiger partial charge in [0.05, 0.1) is 6.54 Å². The molecule has 2 aromatic carbocycles. The molecule has 43 heavy (non-hydrogen) atoms. The molecule has 2 heterocycles. The van der Waals surface area contributed by atoms with Gasteiger partial charge in [-0.05, 0) is 68.0 Å². The van der Waals surface area contributed by atoms with Crippen LogP contribution in [0.25, 0.3) is 0 Å². The van der Waals surface area contributed by atoms with Crippen molar-refractivity contribution in [1.82, 2.24) is 9.80 Å². The molecule has 3 amide bonds. The largest absolute Gasteiger partial charge is 0.396 e. The Balaban J connectivity index is 0.000000720. The highest BCUT2D eigenvalue weighted by atomic mass is 16.3. The Morgan fingerprint density at radius 2 is 1.60 bits per heavy atom. The van der Waals surface area contributed by atoms with Crippen LogP contribution in [-0.4, -0.2) is 58.9 Å². The van der Waals surface area contributed by atoms with Crippen molar-refractivity contribution < 1.29 is 19.5 Å². The second-order valence-electron chi connectivity index (χ2n) is 10.6. The zero-order chi connectivity index (χ0) is 31.8. The van der Waals surface area contributed by atoms with Gasteiger partial charge in [-0.2, -0.15) is 0 Å². The molecular formula is C36H49N3O4. The fraction of sp³-hybridized carbons (Fsp3) is 0.417. The van der Waals surface area contributed by atoms with Gasteiger partial charge in [0.25, 0.3) is 5.91 Å². The lowest BCUT2D eigenvalue weighted by Crippen LogP contribution is -2.39. The SMILES string of the molecule is C=CCC(=O)N1CC(=O)N(Cc2ccc(C(=O)N3CC=CC3)cc2)c2cc(CCCO)ccc2C1.CC.CCC=C(C)C. The average Bonchev–Trinajstić information content (AvgIpc) is 3.51. The van der Waals surface area contributed by atoms with Gasteiger partial charge in [0.15, 0.2) is 0 Å². The number of amides is 3. The maximum atomic E-state index is 13.4. The summed E-state index contributed by atoms with van der Waals surface area (Å²) < 4.78 is 0. The first kappa shape index (κ1) is 35.2. The molecule has 2 aromatic rings. The number of carbonyl (C=O) groups is 3. The molecule has 0 unspecified atom stereocenters. The van der Waals surface area contributed by atoms with Crippen LogP contribution in [0.2, 0.25) is 0 Å². The summed E-state index contributed by atoms with van der Waals surface area (Å²) in [5.74, 6) is -0.309. The van der Waals surface area contributed by atoms with E-state index in [0.29, 0.717) is 44.6 Å². The topological polar surface area (TPSA) is 81.2 Å². The molecule has 0 fully saturated rings. The van der Waals surface area contributed by atoms with Crippen molar-refractivity contribution in [3.8, 4) is 0 Å². The summed E-state index contributed by atoms with van der Waals surface area (Å²) in [6.45, 7) is 16.0. The molecule has 0 saturated heterocycles. The lowest BCUT2D eigenvalue weighted by Gasteiger charge is -2.24. The lowest BCUT2D eigenvalue weighted by atomic mass is 10.0. The van der Waals surface area contributed by atoms with Crippen LogP contribution < -0.4 is 4.90 Å². The highest BCUT2D eigenvalue weighted by Crippen LogP contribution is 2.29.